The Morgan fingerprint density at radius 1 is 0.919 bits per heavy atom. The van der Waals surface area contributed by atoms with Gasteiger partial charge in [-0.2, -0.15) is 9.67 Å². The Morgan fingerprint density at radius 2 is 1.78 bits per heavy atom. The lowest BCUT2D eigenvalue weighted by molar-refractivity contribution is 0.226. The molecule has 2 aliphatic rings. The van der Waals surface area contributed by atoms with E-state index in [1.807, 2.05) is 24.4 Å². The highest BCUT2D eigenvalue weighted by Gasteiger charge is 2.19. The van der Waals surface area contributed by atoms with Gasteiger partial charge in [-0.1, -0.05) is 30.7 Å². The predicted molar refractivity (Wildman–Crippen MR) is 145 cm³/mol. The molecule has 37 heavy (non-hydrogen) atoms. The van der Waals surface area contributed by atoms with Gasteiger partial charge in [0.1, 0.15) is 0 Å². The van der Waals surface area contributed by atoms with E-state index in [1.165, 1.54) is 42.6 Å². The predicted octanol–water partition coefficient (Wildman–Crippen LogP) is 4.35. The van der Waals surface area contributed by atoms with Crippen molar-refractivity contribution >= 4 is 17.6 Å². The molecule has 1 fully saturated rings. The number of fused-ring (bicyclic) bond motifs is 3. The molecule has 4 aromatic rings. The number of piperidine rings is 1. The molecule has 9 nitrogen and oxygen atoms in total. The van der Waals surface area contributed by atoms with Crippen LogP contribution in [0.2, 0.25) is 0 Å². The number of rotatable bonds is 7. The summed E-state index contributed by atoms with van der Waals surface area (Å²) in [6.07, 6.45) is 11.0. The second-order valence-corrected chi connectivity index (χ2v) is 9.96. The summed E-state index contributed by atoms with van der Waals surface area (Å²) in [5, 5.41) is 16.8. The molecule has 9 heteroatoms. The average Bonchev–Trinajstić information content (AvgIpc) is 3.19. The van der Waals surface area contributed by atoms with E-state index in [1.54, 1.807) is 0 Å². The lowest BCUT2D eigenvalue weighted by Gasteiger charge is -2.26. The van der Waals surface area contributed by atoms with Gasteiger partial charge in [0, 0.05) is 11.3 Å². The summed E-state index contributed by atoms with van der Waals surface area (Å²) in [7, 11) is 0. The van der Waals surface area contributed by atoms with Crippen LogP contribution in [-0.4, -0.2) is 54.5 Å². The van der Waals surface area contributed by atoms with Crippen LogP contribution < -0.4 is 11.1 Å². The Hall–Kier alpha value is -3.85. The van der Waals surface area contributed by atoms with E-state index in [2.05, 4.69) is 59.7 Å². The van der Waals surface area contributed by atoms with Gasteiger partial charge in [-0.25, -0.2) is 0 Å². The Labute approximate surface area is 217 Å². The number of hydrogen-bond acceptors (Lipinski definition) is 8. The van der Waals surface area contributed by atoms with Crippen LogP contribution in [0.4, 0.5) is 17.6 Å². The molecule has 0 saturated carbocycles. The Balaban J connectivity index is 1.12. The van der Waals surface area contributed by atoms with E-state index in [0.29, 0.717) is 11.8 Å². The molecule has 1 aromatic carbocycles. The molecule has 0 unspecified atom stereocenters. The summed E-state index contributed by atoms with van der Waals surface area (Å²) in [4.78, 5) is 11.6. The van der Waals surface area contributed by atoms with E-state index in [4.69, 9.17) is 5.73 Å². The van der Waals surface area contributed by atoms with Crippen molar-refractivity contribution in [2.75, 3.05) is 30.7 Å². The van der Waals surface area contributed by atoms with Crippen LogP contribution in [0.15, 0.2) is 48.7 Å². The first-order valence-corrected chi connectivity index (χ1v) is 13.3. The Bertz CT molecular complexity index is 1360. The van der Waals surface area contributed by atoms with Crippen molar-refractivity contribution < 1.29 is 0 Å². The summed E-state index contributed by atoms with van der Waals surface area (Å²) in [5.41, 5.74) is 12.7. The highest BCUT2D eigenvalue weighted by atomic mass is 15.4. The number of hydrogen-bond donors (Lipinski definition) is 2. The molecule has 1 saturated heterocycles. The number of anilines is 3. The van der Waals surface area contributed by atoms with Crippen LogP contribution in [0.25, 0.3) is 17.1 Å². The van der Waals surface area contributed by atoms with E-state index >= 15 is 0 Å². The van der Waals surface area contributed by atoms with Gasteiger partial charge in [-0.05, 0) is 93.9 Å². The lowest BCUT2D eigenvalue weighted by Crippen LogP contribution is -2.30. The summed E-state index contributed by atoms with van der Waals surface area (Å²) in [6.45, 7) is 3.63. The van der Waals surface area contributed by atoms with Crippen LogP contribution in [0, 0.1) is 0 Å². The molecule has 0 radical (unpaired) electrons. The second kappa shape index (κ2) is 10.6. The quantitative estimate of drug-likeness (QED) is 0.389. The standard InChI is InChI=1S/C28H33N9/c29-27-32-28(31-23-14-13-22(30-19-23)11-7-17-36-15-4-1-5-16-36)35-37(27)25-18-21-10-6-9-20-8-2-3-12-24(20)26(21)34-33-25/h2-3,8,12-14,18-19H,1,4-7,9-11,15-17H2,(H3,29,31,32,35). The molecule has 190 valence electrons. The van der Waals surface area contributed by atoms with Gasteiger partial charge in [0.25, 0.3) is 0 Å². The zero-order valence-electron chi connectivity index (χ0n) is 21.1. The van der Waals surface area contributed by atoms with Crippen molar-refractivity contribution in [3.05, 3.63) is 65.5 Å². The molecule has 1 aliphatic carbocycles. The third kappa shape index (κ3) is 5.32. The number of nitrogens with one attached hydrogen (secondary N) is 1. The first-order valence-electron chi connectivity index (χ1n) is 13.3. The largest absolute Gasteiger partial charge is 0.368 e. The molecule has 4 heterocycles. The number of likely N-dealkylation sites (tertiary alicyclic amines) is 1. The van der Waals surface area contributed by atoms with E-state index in [-0.39, 0.29) is 5.95 Å². The minimum absolute atomic E-state index is 0.257. The fourth-order valence-corrected chi connectivity index (χ4v) is 5.37. The van der Waals surface area contributed by atoms with Crippen LogP contribution >= 0.6 is 0 Å². The normalized spacial score (nSPS) is 15.6. The number of aromatic nitrogens is 6. The summed E-state index contributed by atoms with van der Waals surface area (Å²) >= 11 is 0. The van der Waals surface area contributed by atoms with Crippen LogP contribution in [0.1, 0.15) is 48.9 Å². The van der Waals surface area contributed by atoms with Gasteiger partial charge >= 0.3 is 0 Å². The third-order valence-corrected chi connectivity index (χ3v) is 7.31. The zero-order chi connectivity index (χ0) is 25.0. The minimum atomic E-state index is 0.257. The molecular formula is C28H33N9. The first-order chi connectivity index (χ1) is 18.2. The molecule has 1 aliphatic heterocycles. The maximum absolute atomic E-state index is 6.21. The van der Waals surface area contributed by atoms with Gasteiger partial charge in [-0.15, -0.1) is 15.3 Å². The lowest BCUT2D eigenvalue weighted by atomic mass is 10.0. The van der Waals surface area contributed by atoms with Gasteiger partial charge < -0.3 is 16.0 Å². The first kappa shape index (κ1) is 23.5. The minimum Gasteiger partial charge on any atom is -0.368 e. The molecule has 3 aromatic heterocycles. The maximum atomic E-state index is 6.21. The third-order valence-electron chi connectivity index (χ3n) is 7.31. The Kier molecular flexibility index (Phi) is 6.77. The highest BCUT2D eigenvalue weighted by molar-refractivity contribution is 5.68. The van der Waals surface area contributed by atoms with Crippen molar-refractivity contribution in [1.29, 1.82) is 0 Å². The number of benzene rings is 1. The zero-order valence-corrected chi connectivity index (χ0v) is 21.1. The summed E-state index contributed by atoms with van der Waals surface area (Å²) in [5.74, 6) is 1.23. The van der Waals surface area contributed by atoms with E-state index in [0.717, 1.165) is 66.9 Å². The van der Waals surface area contributed by atoms with Gasteiger partial charge in [0.15, 0.2) is 5.82 Å². The topological polar surface area (TPSA) is 111 Å². The monoisotopic (exact) mass is 495 g/mol. The molecule has 6 rings (SSSR count). The molecule has 0 spiro atoms. The summed E-state index contributed by atoms with van der Waals surface area (Å²) < 4.78 is 1.54. The van der Waals surface area contributed by atoms with E-state index in [9.17, 15) is 0 Å². The summed E-state index contributed by atoms with van der Waals surface area (Å²) in [6, 6.07) is 14.5. The molecule has 0 atom stereocenters. The van der Waals surface area contributed by atoms with Crippen LogP contribution in [-0.2, 0) is 19.3 Å². The molecule has 3 N–H and O–H groups in total. The number of pyridine rings is 1. The number of nitrogens with zero attached hydrogens (tertiary/aromatic N) is 7. The number of nitrogen functional groups attached to an aromatic ring is 1. The second-order valence-electron chi connectivity index (χ2n) is 9.96. The SMILES string of the molecule is Nc1nc(Nc2ccc(CCCN3CCCCC3)nc2)nn1-c1cc2c(nn1)-c1ccccc1CCC2. The van der Waals surface area contributed by atoms with Crippen molar-refractivity contribution in [3.63, 3.8) is 0 Å². The smallest absolute Gasteiger partial charge is 0.248 e. The fourth-order valence-electron chi connectivity index (χ4n) is 5.37. The van der Waals surface area contributed by atoms with Crippen LogP contribution in [0.5, 0.6) is 0 Å². The molecule has 0 amide bonds. The van der Waals surface area contributed by atoms with E-state index < -0.39 is 0 Å². The van der Waals surface area contributed by atoms with Crippen LogP contribution in [0.3, 0.4) is 0 Å². The van der Waals surface area contributed by atoms with Gasteiger partial charge in [0.05, 0.1) is 17.6 Å². The molecular weight excluding hydrogens is 462 g/mol. The van der Waals surface area contributed by atoms with Gasteiger partial charge in [-0.3, -0.25) is 4.98 Å². The highest BCUT2D eigenvalue weighted by Crippen LogP contribution is 2.31. The Morgan fingerprint density at radius 3 is 2.65 bits per heavy atom. The number of aryl methyl sites for hydroxylation is 3. The molecule has 0 bridgehead atoms. The maximum Gasteiger partial charge on any atom is 0.248 e. The van der Waals surface area contributed by atoms with Gasteiger partial charge in [0.2, 0.25) is 11.9 Å². The van der Waals surface area contributed by atoms with Crippen molar-refractivity contribution in [1.82, 2.24) is 34.8 Å². The fraction of sp³-hybridized carbons (Fsp3) is 0.393. The van der Waals surface area contributed by atoms with Crippen molar-refractivity contribution in [2.45, 2.75) is 51.4 Å². The average molecular weight is 496 g/mol. The van der Waals surface area contributed by atoms with Crippen molar-refractivity contribution in [3.8, 4) is 17.1 Å². The van der Waals surface area contributed by atoms with Crippen molar-refractivity contribution in [2.24, 2.45) is 0 Å². The number of nitrogens with two attached hydrogens (primary N) is 1.